The number of carbonyl (C=O) groups is 1. The van der Waals surface area contributed by atoms with E-state index in [9.17, 15) is 4.79 Å². The largest absolute Gasteiger partial charge is 0.333 e. The highest BCUT2D eigenvalue weighted by Crippen LogP contribution is 2.24. The third-order valence-electron chi connectivity index (χ3n) is 3.34. The summed E-state index contributed by atoms with van der Waals surface area (Å²) in [6.45, 7) is 3.90. The first-order valence-electron chi connectivity index (χ1n) is 7.11. The second-order valence-electron chi connectivity index (χ2n) is 5.17. The number of thioether (sulfide) groups is 1. The van der Waals surface area contributed by atoms with Gasteiger partial charge in [-0.3, -0.25) is 4.79 Å². The van der Waals surface area contributed by atoms with Gasteiger partial charge in [0.05, 0.1) is 16.3 Å². The molecule has 0 aliphatic rings. The van der Waals surface area contributed by atoms with Gasteiger partial charge in [-0.2, -0.15) is 0 Å². The fourth-order valence-electron chi connectivity index (χ4n) is 2.09. The average molecular weight is 311 g/mol. The topological polar surface area (TPSA) is 57.8 Å². The van der Waals surface area contributed by atoms with Gasteiger partial charge in [-0.15, -0.1) is 0 Å². The van der Waals surface area contributed by atoms with Crippen molar-refractivity contribution >= 4 is 34.4 Å². The molecule has 1 atom stereocenters. The van der Waals surface area contributed by atoms with Gasteiger partial charge >= 0.3 is 0 Å². The summed E-state index contributed by atoms with van der Waals surface area (Å²) in [6, 6.07) is 15.6. The number of hydrogen-bond donors (Lipinski definition) is 2. The van der Waals surface area contributed by atoms with Crippen molar-refractivity contribution in [3.8, 4) is 0 Å². The molecule has 1 amide bonds. The molecule has 1 aromatic heterocycles. The molecule has 2 N–H and O–H groups in total. The Labute approximate surface area is 133 Å². The van der Waals surface area contributed by atoms with Gasteiger partial charge < -0.3 is 10.3 Å². The average Bonchev–Trinajstić information content (AvgIpc) is 2.91. The summed E-state index contributed by atoms with van der Waals surface area (Å²) >= 11 is 1.42. The second kappa shape index (κ2) is 6.23. The number of fused-ring (bicyclic) bond motifs is 1. The molecule has 3 rings (SSSR count). The molecule has 4 nitrogen and oxygen atoms in total. The number of aromatic amines is 1. The van der Waals surface area contributed by atoms with E-state index in [-0.39, 0.29) is 11.2 Å². The monoisotopic (exact) mass is 311 g/mol. The van der Waals surface area contributed by atoms with Gasteiger partial charge in [-0.05, 0) is 38.1 Å². The van der Waals surface area contributed by atoms with Crippen LogP contribution in [0.3, 0.4) is 0 Å². The minimum absolute atomic E-state index is 0.0330. The first kappa shape index (κ1) is 14.7. The van der Waals surface area contributed by atoms with E-state index in [4.69, 9.17) is 0 Å². The molecule has 0 aliphatic carbocycles. The van der Waals surface area contributed by atoms with Crippen LogP contribution in [0, 0.1) is 6.92 Å². The van der Waals surface area contributed by atoms with E-state index >= 15 is 0 Å². The number of hydrogen-bond acceptors (Lipinski definition) is 3. The highest BCUT2D eigenvalue weighted by molar-refractivity contribution is 8.00. The zero-order valence-electron chi connectivity index (χ0n) is 12.5. The molecule has 0 fully saturated rings. The molecular weight excluding hydrogens is 294 g/mol. The van der Waals surface area contributed by atoms with Gasteiger partial charge in [0, 0.05) is 5.69 Å². The van der Waals surface area contributed by atoms with Gasteiger partial charge in [-0.25, -0.2) is 4.98 Å². The number of amides is 1. The van der Waals surface area contributed by atoms with Crippen LogP contribution < -0.4 is 5.32 Å². The lowest BCUT2D eigenvalue weighted by Gasteiger charge is -2.10. The number of nitrogens with one attached hydrogen (secondary N) is 2. The predicted molar refractivity (Wildman–Crippen MR) is 91.2 cm³/mol. The number of benzene rings is 2. The summed E-state index contributed by atoms with van der Waals surface area (Å²) in [7, 11) is 0. The lowest BCUT2D eigenvalue weighted by atomic mass is 10.2. The van der Waals surface area contributed by atoms with E-state index in [1.165, 1.54) is 17.3 Å². The van der Waals surface area contributed by atoms with Crippen LogP contribution in [-0.4, -0.2) is 21.1 Å². The molecule has 3 aromatic rings. The number of imidazole rings is 1. The fourth-order valence-corrected chi connectivity index (χ4v) is 2.91. The van der Waals surface area contributed by atoms with E-state index < -0.39 is 0 Å². The van der Waals surface area contributed by atoms with Crippen molar-refractivity contribution in [2.24, 2.45) is 0 Å². The van der Waals surface area contributed by atoms with Crippen molar-refractivity contribution < 1.29 is 4.79 Å². The third-order valence-corrected chi connectivity index (χ3v) is 4.33. The zero-order valence-corrected chi connectivity index (χ0v) is 13.3. The van der Waals surface area contributed by atoms with Crippen molar-refractivity contribution in [3.63, 3.8) is 0 Å². The van der Waals surface area contributed by atoms with E-state index in [2.05, 4.69) is 15.3 Å². The maximum atomic E-state index is 12.2. The number of rotatable bonds is 4. The van der Waals surface area contributed by atoms with E-state index in [1.54, 1.807) is 0 Å². The molecule has 2 aromatic carbocycles. The maximum absolute atomic E-state index is 12.2. The molecule has 0 aliphatic heterocycles. The molecule has 5 heteroatoms. The van der Waals surface area contributed by atoms with Gasteiger partial charge in [0.2, 0.25) is 5.91 Å². The van der Waals surface area contributed by atoms with Crippen molar-refractivity contribution in [1.29, 1.82) is 0 Å². The first-order chi connectivity index (χ1) is 10.6. The van der Waals surface area contributed by atoms with Gasteiger partial charge in [0.15, 0.2) is 5.16 Å². The Morgan fingerprint density at radius 2 is 1.91 bits per heavy atom. The van der Waals surface area contributed by atoms with Gasteiger partial charge in [0.25, 0.3) is 0 Å². The quantitative estimate of drug-likeness (QED) is 0.716. The number of H-pyrrole nitrogens is 1. The summed E-state index contributed by atoms with van der Waals surface area (Å²) in [5.41, 5.74) is 3.88. The minimum atomic E-state index is -0.234. The standard InChI is InChI=1S/C17H17N3OS/c1-11-7-9-13(10-8-11)18-16(21)12(2)22-17-19-14-5-3-4-6-15(14)20-17/h3-10,12H,1-2H3,(H,18,21)(H,19,20)/t12-/m0/s1. The number of nitrogens with zero attached hydrogens (tertiary/aromatic N) is 1. The van der Waals surface area contributed by atoms with Crippen molar-refractivity contribution in [2.75, 3.05) is 5.32 Å². The third kappa shape index (κ3) is 3.31. The number of aryl methyl sites for hydroxylation is 1. The lowest BCUT2D eigenvalue weighted by molar-refractivity contribution is -0.115. The summed E-state index contributed by atoms with van der Waals surface area (Å²) < 4.78 is 0. The summed E-state index contributed by atoms with van der Waals surface area (Å²) in [5, 5.41) is 3.44. The molecule has 0 spiro atoms. The SMILES string of the molecule is Cc1ccc(NC(=O)[C@H](C)Sc2nc3ccccc3[nH]2)cc1. The molecule has 112 valence electrons. The first-order valence-corrected chi connectivity index (χ1v) is 7.99. The Balaban J connectivity index is 1.66. The number of carbonyl (C=O) groups excluding carboxylic acids is 1. The van der Waals surface area contributed by atoms with E-state index in [1.807, 2.05) is 62.4 Å². The Hall–Kier alpha value is -2.27. The molecular formula is C17H17N3OS. The predicted octanol–water partition coefficient (Wildman–Crippen LogP) is 3.99. The van der Waals surface area contributed by atoms with Gasteiger partial charge in [0.1, 0.15) is 0 Å². The Bertz CT molecular complexity index is 762. The molecule has 22 heavy (non-hydrogen) atoms. The van der Waals surface area contributed by atoms with Crippen molar-refractivity contribution in [1.82, 2.24) is 9.97 Å². The molecule has 0 bridgehead atoms. The molecule has 0 saturated carbocycles. The Morgan fingerprint density at radius 1 is 1.18 bits per heavy atom. The normalized spacial score (nSPS) is 12.3. The van der Waals surface area contributed by atoms with Crippen LogP contribution in [0.5, 0.6) is 0 Å². The molecule has 0 unspecified atom stereocenters. The number of anilines is 1. The Morgan fingerprint density at radius 3 is 2.64 bits per heavy atom. The van der Waals surface area contributed by atoms with Crippen LogP contribution in [0.25, 0.3) is 11.0 Å². The highest BCUT2D eigenvalue weighted by atomic mass is 32.2. The number of aromatic nitrogens is 2. The molecule has 0 saturated heterocycles. The summed E-state index contributed by atoms with van der Waals surface area (Å²) in [5.74, 6) is -0.0330. The van der Waals surface area contributed by atoms with Crippen LogP contribution in [0.15, 0.2) is 53.7 Å². The number of para-hydroxylation sites is 2. The smallest absolute Gasteiger partial charge is 0.237 e. The summed E-state index contributed by atoms with van der Waals surface area (Å²) in [6.07, 6.45) is 0. The Kier molecular flexibility index (Phi) is 4.15. The van der Waals surface area contributed by atoms with E-state index in [0.717, 1.165) is 21.9 Å². The summed E-state index contributed by atoms with van der Waals surface area (Å²) in [4.78, 5) is 19.9. The van der Waals surface area contributed by atoms with Crippen LogP contribution in [-0.2, 0) is 4.79 Å². The lowest BCUT2D eigenvalue weighted by Crippen LogP contribution is -2.22. The zero-order chi connectivity index (χ0) is 15.5. The maximum Gasteiger partial charge on any atom is 0.237 e. The van der Waals surface area contributed by atoms with E-state index in [0.29, 0.717) is 0 Å². The molecule has 1 heterocycles. The van der Waals surface area contributed by atoms with Crippen molar-refractivity contribution in [2.45, 2.75) is 24.3 Å². The second-order valence-corrected chi connectivity index (χ2v) is 6.50. The van der Waals surface area contributed by atoms with Crippen molar-refractivity contribution in [3.05, 3.63) is 54.1 Å². The van der Waals surface area contributed by atoms with Gasteiger partial charge in [-0.1, -0.05) is 41.6 Å². The van der Waals surface area contributed by atoms with Crippen LogP contribution in [0.2, 0.25) is 0 Å². The molecule has 0 radical (unpaired) electrons. The van der Waals surface area contributed by atoms with Crippen LogP contribution >= 0.6 is 11.8 Å². The highest BCUT2D eigenvalue weighted by Gasteiger charge is 2.16. The minimum Gasteiger partial charge on any atom is -0.333 e. The fraction of sp³-hybridized carbons (Fsp3) is 0.176. The van der Waals surface area contributed by atoms with Crippen LogP contribution in [0.4, 0.5) is 5.69 Å². The van der Waals surface area contributed by atoms with Crippen LogP contribution in [0.1, 0.15) is 12.5 Å².